The summed E-state index contributed by atoms with van der Waals surface area (Å²) in [4.78, 5) is 15.8. The maximum Gasteiger partial charge on any atom is 0.341 e. The standard InChI is InChI=1S/C13H18N2O2S/c1-17-13(16)11-6-4-7-14-12(11)15-9-10-5-2-3-8-18-10/h4,6-7,10H,2-3,5,8-9H2,1H3,(H,14,15). The van der Waals surface area contributed by atoms with Crippen molar-refractivity contribution in [3.05, 3.63) is 23.9 Å². The fourth-order valence-electron chi connectivity index (χ4n) is 2.00. The van der Waals surface area contributed by atoms with Gasteiger partial charge < -0.3 is 10.1 Å². The number of rotatable bonds is 4. The zero-order valence-corrected chi connectivity index (χ0v) is 11.3. The van der Waals surface area contributed by atoms with E-state index in [1.165, 1.54) is 32.1 Å². The number of pyridine rings is 1. The van der Waals surface area contributed by atoms with Crippen LogP contribution in [0.2, 0.25) is 0 Å². The van der Waals surface area contributed by atoms with Crippen molar-refractivity contribution in [2.24, 2.45) is 0 Å². The van der Waals surface area contributed by atoms with Gasteiger partial charge in [0, 0.05) is 18.0 Å². The highest BCUT2D eigenvalue weighted by Gasteiger charge is 2.16. The maximum absolute atomic E-state index is 11.6. The largest absolute Gasteiger partial charge is 0.465 e. The van der Waals surface area contributed by atoms with Gasteiger partial charge in [-0.25, -0.2) is 9.78 Å². The van der Waals surface area contributed by atoms with E-state index in [0.29, 0.717) is 16.6 Å². The first-order valence-corrected chi connectivity index (χ1v) is 7.25. The Morgan fingerprint density at radius 3 is 3.22 bits per heavy atom. The third-order valence-corrected chi connectivity index (χ3v) is 4.38. The van der Waals surface area contributed by atoms with Crippen LogP contribution in [0.5, 0.6) is 0 Å². The molecule has 1 N–H and O–H groups in total. The number of esters is 1. The van der Waals surface area contributed by atoms with E-state index in [2.05, 4.69) is 10.3 Å². The van der Waals surface area contributed by atoms with Gasteiger partial charge in [0.2, 0.25) is 0 Å². The SMILES string of the molecule is COC(=O)c1cccnc1NCC1CCCCS1. The van der Waals surface area contributed by atoms with Crippen LogP contribution in [0.4, 0.5) is 5.82 Å². The van der Waals surface area contributed by atoms with Crippen molar-refractivity contribution in [3.8, 4) is 0 Å². The van der Waals surface area contributed by atoms with Crippen LogP contribution in [0.3, 0.4) is 0 Å². The molecule has 4 nitrogen and oxygen atoms in total. The van der Waals surface area contributed by atoms with E-state index in [1.807, 2.05) is 11.8 Å². The smallest absolute Gasteiger partial charge is 0.341 e. The Labute approximate surface area is 112 Å². The second-order valence-electron chi connectivity index (χ2n) is 4.26. The van der Waals surface area contributed by atoms with E-state index in [4.69, 9.17) is 4.74 Å². The number of thioether (sulfide) groups is 1. The number of methoxy groups -OCH3 is 1. The fourth-order valence-corrected chi connectivity index (χ4v) is 3.24. The van der Waals surface area contributed by atoms with Crippen molar-refractivity contribution in [2.45, 2.75) is 24.5 Å². The van der Waals surface area contributed by atoms with E-state index >= 15 is 0 Å². The van der Waals surface area contributed by atoms with Gasteiger partial charge in [-0.2, -0.15) is 11.8 Å². The van der Waals surface area contributed by atoms with Gasteiger partial charge in [0.1, 0.15) is 11.4 Å². The molecule has 0 saturated carbocycles. The summed E-state index contributed by atoms with van der Waals surface area (Å²) in [5, 5.41) is 3.88. The third-order valence-electron chi connectivity index (χ3n) is 2.98. The lowest BCUT2D eigenvalue weighted by molar-refractivity contribution is 0.0601. The molecule has 98 valence electrons. The quantitative estimate of drug-likeness (QED) is 0.849. The molecule has 2 rings (SSSR count). The molecule has 0 spiro atoms. The van der Waals surface area contributed by atoms with Crippen LogP contribution < -0.4 is 5.32 Å². The minimum atomic E-state index is -0.345. The molecule has 18 heavy (non-hydrogen) atoms. The molecule has 0 aliphatic carbocycles. The Bertz CT molecular complexity index is 406. The highest BCUT2D eigenvalue weighted by molar-refractivity contribution is 7.99. The number of hydrogen-bond acceptors (Lipinski definition) is 5. The van der Waals surface area contributed by atoms with E-state index < -0.39 is 0 Å². The van der Waals surface area contributed by atoms with Crippen LogP contribution >= 0.6 is 11.8 Å². The Kier molecular flexibility index (Phi) is 4.87. The molecule has 0 bridgehead atoms. The van der Waals surface area contributed by atoms with E-state index in [-0.39, 0.29) is 5.97 Å². The summed E-state index contributed by atoms with van der Waals surface area (Å²) in [7, 11) is 1.39. The number of nitrogens with zero attached hydrogens (tertiary/aromatic N) is 1. The molecule has 1 fully saturated rings. The predicted molar refractivity (Wildman–Crippen MR) is 74.2 cm³/mol. The number of carbonyl (C=O) groups is 1. The highest BCUT2D eigenvalue weighted by atomic mass is 32.2. The number of carbonyl (C=O) groups excluding carboxylic acids is 1. The zero-order valence-electron chi connectivity index (χ0n) is 10.5. The van der Waals surface area contributed by atoms with Crippen LogP contribution in [0.25, 0.3) is 0 Å². The van der Waals surface area contributed by atoms with Gasteiger partial charge in [0.15, 0.2) is 0 Å². The maximum atomic E-state index is 11.6. The molecule has 0 aromatic carbocycles. The summed E-state index contributed by atoms with van der Waals surface area (Å²) >= 11 is 2.00. The van der Waals surface area contributed by atoms with E-state index in [1.54, 1.807) is 18.3 Å². The van der Waals surface area contributed by atoms with E-state index in [9.17, 15) is 4.79 Å². The van der Waals surface area contributed by atoms with Crippen LogP contribution in [-0.4, -0.2) is 35.6 Å². The first-order chi connectivity index (χ1) is 8.81. The van der Waals surface area contributed by atoms with Gasteiger partial charge in [-0.15, -0.1) is 0 Å². The summed E-state index contributed by atoms with van der Waals surface area (Å²) in [6.45, 7) is 0.853. The monoisotopic (exact) mass is 266 g/mol. The van der Waals surface area contributed by atoms with Crippen LogP contribution in [0.15, 0.2) is 18.3 Å². The lowest BCUT2D eigenvalue weighted by Gasteiger charge is -2.22. The average Bonchev–Trinajstić information content (AvgIpc) is 2.45. The van der Waals surface area contributed by atoms with Gasteiger partial charge in [-0.3, -0.25) is 0 Å². The van der Waals surface area contributed by atoms with Gasteiger partial charge in [0.05, 0.1) is 7.11 Å². The molecule has 0 amide bonds. The molecule has 0 radical (unpaired) electrons. The van der Waals surface area contributed by atoms with Gasteiger partial charge in [-0.05, 0) is 30.7 Å². The topological polar surface area (TPSA) is 51.2 Å². The minimum Gasteiger partial charge on any atom is -0.465 e. The molecule has 1 aromatic rings. The second kappa shape index (κ2) is 6.64. The Morgan fingerprint density at radius 1 is 1.61 bits per heavy atom. The van der Waals surface area contributed by atoms with Crippen molar-refractivity contribution >= 4 is 23.5 Å². The lowest BCUT2D eigenvalue weighted by atomic mass is 10.2. The summed E-state index contributed by atoms with van der Waals surface area (Å²) in [5.41, 5.74) is 0.501. The van der Waals surface area contributed by atoms with Crippen molar-refractivity contribution < 1.29 is 9.53 Å². The van der Waals surface area contributed by atoms with Crippen molar-refractivity contribution in [2.75, 3.05) is 24.7 Å². The molecule has 1 atom stereocenters. The Balaban J connectivity index is 1.97. The van der Waals surface area contributed by atoms with Crippen molar-refractivity contribution in [3.63, 3.8) is 0 Å². The number of ether oxygens (including phenoxy) is 1. The molecule has 1 saturated heterocycles. The van der Waals surface area contributed by atoms with E-state index in [0.717, 1.165) is 6.54 Å². The highest BCUT2D eigenvalue weighted by Crippen LogP contribution is 2.25. The average molecular weight is 266 g/mol. The fraction of sp³-hybridized carbons (Fsp3) is 0.538. The third kappa shape index (κ3) is 3.38. The summed E-state index contributed by atoms with van der Waals surface area (Å²) in [5.74, 6) is 1.51. The molecule has 1 aliphatic heterocycles. The molecular weight excluding hydrogens is 248 g/mol. The summed E-state index contributed by atoms with van der Waals surface area (Å²) in [6.07, 6.45) is 5.53. The molecule has 5 heteroatoms. The number of hydrogen-bond donors (Lipinski definition) is 1. The van der Waals surface area contributed by atoms with Gasteiger partial charge >= 0.3 is 5.97 Å². The summed E-state index contributed by atoms with van der Waals surface area (Å²) < 4.78 is 4.74. The predicted octanol–water partition coefficient (Wildman–Crippen LogP) is 2.57. The zero-order chi connectivity index (χ0) is 12.8. The summed E-state index contributed by atoms with van der Waals surface area (Å²) in [6, 6.07) is 3.47. The molecule has 1 aliphatic rings. The van der Waals surface area contributed by atoms with Crippen LogP contribution in [0, 0.1) is 0 Å². The van der Waals surface area contributed by atoms with Gasteiger partial charge in [-0.1, -0.05) is 6.42 Å². The number of anilines is 1. The second-order valence-corrected chi connectivity index (χ2v) is 5.67. The number of nitrogens with one attached hydrogen (secondary N) is 1. The first-order valence-electron chi connectivity index (χ1n) is 6.20. The molecule has 1 aromatic heterocycles. The molecule has 2 heterocycles. The Morgan fingerprint density at radius 2 is 2.50 bits per heavy atom. The van der Waals surface area contributed by atoms with Crippen LogP contribution in [0.1, 0.15) is 29.6 Å². The molecule has 1 unspecified atom stereocenters. The van der Waals surface area contributed by atoms with Crippen molar-refractivity contribution in [1.82, 2.24) is 4.98 Å². The van der Waals surface area contributed by atoms with Crippen LogP contribution in [-0.2, 0) is 4.74 Å². The number of aromatic nitrogens is 1. The normalized spacial score (nSPS) is 19.3. The van der Waals surface area contributed by atoms with Crippen molar-refractivity contribution in [1.29, 1.82) is 0 Å². The van der Waals surface area contributed by atoms with Gasteiger partial charge in [0.25, 0.3) is 0 Å². The molecular formula is C13H18N2O2S. The first kappa shape index (κ1) is 13.2. The Hall–Kier alpha value is -1.23. The minimum absolute atomic E-state index is 0.345. The lowest BCUT2D eigenvalue weighted by Crippen LogP contribution is -2.21.